The van der Waals surface area contributed by atoms with Crippen LogP contribution in [0.4, 0.5) is 26.2 Å². The van der Waals surface area contributed by atoms with Gasteiger partial charge >= 0.3 is 6.03 Å². The van der Waals surface area contributed by atoms with Crippen molar-refractivity contribution in [1.29, 1.82) is 0 Å². The van der Waals surface area contributed by atoms with Crippen LogP contribution in [0, 0.1) is 12.7 Å². The second kappa shape index (κ2) is 12.2. The van der Waals surface area contributed by atoms with Gasteiger partial charge in [0.1, 0.15) is 5.82 Å². The van der Waals surface area contributed by atoms with Crippen molar-refractivity contribution in [2.45, 2.75) is 26.8 Å². The van der Waals surface area contributed by atoms with Crippen molar-refractivity contribution in [3.63, 3.8) is 0 Å². The number of carbonyl (C=O) groups excluding carboxylic acids is 3. The average Bonchev–Trinajstić information content (AvgIpc) is 2.92. The van der Waals surface area contributed by atoms with Crippen molar-refractivity contribution in [2.75, 3.05) is 41.7 Å². The number of nitrogens with zero attached hydrogens (tertiary/aromatic N) is 2. The van der Waals surface area contributed by atoms with Gasteiger partial charge in [-0.1, -0.05) is 31.2 Å². The minimum absolute atomic E-state index is 0.149. The van der Waals surface area contributed by atoms with Crippen molar-refractivity contribution in [1.82, 2.24) is 10.2 Å². The van der Waals surface area contributed by atoms with Crippen molar-refractivity contribution in [2.24, 2.45) is 0 Å². The second-order valence-corrected chi connectivity index (χ2v) is 9.22. The zero-order chi connectivity index (χ0) is 27.1. The van der Waals surface area contributed by atoms with Crippen LogP contribution in [0.5, 0.6) is 0 Å². The number of anilines is 3. The van der Waals surface area contributed by atoms with E-state index in [1.807, 2.05) is 37.3 Å². The monoisotopic (exact) mass is 517 g/mol. The lowest BCUT2D eigenvalue weighted by Crippen LogP contribution is -2.50. The molecule has 1 aliphatic heterocycles. The van der Waals surface area contributed by atoms with Crippen molar-refractivity contribution >= 4 is 34.9 Å². The maximum Gasteiger partial charge on any atom is 0.321 e. The lowest BCUT2D eigenvalue weighted by molar-refractivity contribution is -0.115. The highest BCUT2D eigenvalue weighted by molar-refractivity contribution is 6.02. The van der Waals surface area contributed by atoms with Crippen LogP contribution in [0.2, 0.25) is 0 Å². The van der Waals surface area contributed by atoms with E-state index >= 15 is 0 Å². The molecule has 0 aliphatic carbocycles. The lowest BCUT2D eigenvalue weighted by Gasteiger charge is -2.37. The molecule has 0 unspecified atom stereocenters. The Morgan fingerprint density at radius 2 is 1.58 bits per heavy atom. The standard InChI is InChI=1S/C29H32FN5O3/c1-3-27(36)32-24-11-12-26(25(18-24)28(37)31-19-21-7-9-22(30)10-8-21)34-13-15-35(16-14-34)29(38)33-23-6-4-5-20(2)17-23/h4-12,17-18H,3,13-16,19H2,1-2H3,(H,31,37)(H,32,36)(H,33,38). The molecule has 1 heterocycles. The van der Waals surface area contributed by atoms with Gasteiger partial charge in [0, 0.05) is 56.2 Å². The topological polar surface area (TPSA) is 93.8 Å². The summed E-state index contributed by atoms with van der Waals surface area (Å²) in [6.07, 6.45) is 0.320. The van der Waals surface area contributed by atoms with Gasteiger partial charge in [0.05, 0.1) is 5.56 Å². The molecule has 8 nitrogen and oxygen atoms in total. The van der Waals surface area contributed by atoms with Gasteiger partial charge in [0.25, 0.3) is 5.91 Å². The second-order valence-electron chi connectivity index (χ2n) is 9.22. The highest BCUT2D eigenvalue weighted by Gasteiger charge is 2.25. The largest absolute Gasteiger partial charge is 0.367 e. The molecule has 38 heavy (non-hydrogen) atoms. The number of hydrogen-bond acceptors (Lipinski definition) is 4. The van der Waals surface area contributed by atoms with Crippen LogP contribution in [0.15, 0.2) is 66.7 Å². The first-order valence-electron chi connectivity index (χ1n) is 12.7. The Morgan fingerprint density at radius 1 is 0.868 bits per heavy atom. The van der Waals surface area contributed by atoms with E-state index in [4.69, 9.17) is 0 Å². The normalized spacial score (nSPS) is 13.1. The van der Waals surface area contributed by atoms with E-state index in [-0.39, 0.29) is 30.2 Å². The van der Waals surface area contributed by atoms with Gasteiger partial charge in [-0.2, -0.15) is 0 Å². The molecule has 4 amide bonds. The van der Waals surface area contributed by atoms with Gasteiger partial charge in [-0.05, 0) is 60.5 Å². The van der Waals surface area contributed by atoms with Crippen LogP contribution in [0.3, 0.4) is 0 Å². The molecule has 1 fully saturated rings. The van der Waals surface area contributed by atoms with Crippen molar-refractivity contribution < 1.29 is 18.8 Å². The van der Waals surface area contributed by atoms with Crippen molar-refractivity contribution in [3.05, 3.63) is 89.2 Å². The maximum absolute atomic E-state index is 13.3. The molecule has 3 aromatic carbocycles. The number of nitrogens with one attached hydrogen (secondary N) is 3. The molecule has 0 saturated carbocycles. The maximum atomic E-state index is 13.3. The van der Waals surface area contributed by atoms with E-state index in [0.717, 1.165) is 22.5 Å². The van der Waals surface area contributed by atoms with Gasteiger partial charge in [-0.25, -0.2) is 9.18 Å². The molecule has 3 N–H and O–H groups in total. The number of aryl methyl sites for hydroxylation is 1. The summed E-state index contributed by atoms with van der Waals surface area (Å²) in [7, 11) is 0. The Kier molecular flexibility index (Phi) is 8.58. The Bertz CT molecular complexity index is 1300. The zero-order valence-corrected chi connectivity index (χ0v) is 21.6. The number of urea groups is 1. The number of amides is 4. The van der Waals surface area contributed by atoms with E-state index in [9.17, 15) is 18.8 Å². The molecule has 1 saturated heterocycles. The first-order valence-corrected chi connectivity index (χ1v) is 12.7. The first kappa shape index (κ1) is 26.7. The van der Waals surface area contributed by atoms with E-state index in [1.54, 1.807) is 36.1 Å². The third-order valence-electron chi connectivity index (χ3n) is 6.39. The number of halogens is 1. The summed E-state index contributed by atoms with van der Waals surface area (Å²) in [4.78, 5) is 41.8. The van der Waals surface area contributed by atoms with Crippen LogP contribution < -0.4 is 20.9 Å². The summed E-state index contributed by atoms with van der Waals surface area (Å²) < 4.78 is 13.2. The van der Waals surface area contributed by atoms with Gasteiger partial charge < -0.3 is 25.8 Å². The Hall–Kier alpha value is -4.40. The van der Waals surface area contributed by atoms with Crippen LogP contribution in [-0.4, -0.2) is 48.9 Å². The van der Waals surface area contributed by atoms with E-state index < -0.39 is 0 Å². The summed E-state index contributed by atoms with van der Waals surface area (Å²) in [5, 5.41) is 8.64. The molecular formula is C29H32FN5O3. The van der Waals surface area contributed by atoms with Gasteiger partial charge in [-0.15, -0.1) is 0 Å². The van der Waals surface area contributed by atoms with Crippen LogP contribution in [0.1, 0.15) is 34.8 Å². The molecule has 1 aliphatic rings. The third-order valence-corrected chi connectivity index (χ3v) is 6.39. The summed E-state index contributed by atoms with van der Waals surface area (Å²) in [5.41, 5.74) is 4.25. The number of carbonyl (C=O) groups is 3. The van der Waals surface area contributed by atoms with Gasteiger partial charge in [0.15, 0.2) is 0 Å². The van der Waals surface area contributed by atoms with Crippen LogP contribution in [0.25, 0.3) is 0 Å². The molecule has 0 aromatic heterocycles. The Labute approximate surface area is 221 Å². The molecule has 198 valence electrons. The minimum Gasteiger partial charge on any atom is -0.367 e. The smallest absolute Gasteiger partial charge is 0.321 e. The molecular weight excluding hydrogens is 485 g/mol. The molecule has 4 rings (SSSR count). The summed E-state index contributed by atoms with van der Waals surface area (Å²) in [6.45, 7) is 6.03. The third kappa shape index (κ3) is 6.88. The zero-order valence-electron chi connectivity index (χ0n) is 21.6. The molecule has 0 spiro atoms. The van der Waals surface area contributed by atoms with Gasteiger partial charge in [-0.3, -0.25) is 9.59 Å². The van der Waals surface area contributed by atoms with E-state index in [2.05, 4.69) is 20.9 Å². The Balaban J connectivity index is 1.46. The fraction of sp³-hybridized carbons (Fsp3) is 0.276. The van der Waals surface area contributed by atoms with E-state index in [0.29, 0.717) is 43.9 Å². The number of benzene rings is 3. The molecule has 0 atom stereocenters. The fourth-order valence-corrected chi connectivity index (χ4v) is 4.28. The number of rotatable bonds is 7. The number of piperazine rings is 1. The molecule has 3 aromatic rings. The molecule has 0 bridgehead atoms. The van der Waals surface area contributed by atoms with Crippen LogP contribution >= 0.6 is 0 Å². The quantitative estimate of drug-likeness (QED) is 0.421. The summed E-state index contributed by atoms with van der Waals surface area (Å²) >= 11 is 0. The predicted octanol–water partition coefficient (Wildman–Crippen LogP) is 4.77. The summed E-state index contributed by atoms with van der Waals surface area (Å²) in [6, 6.07) is 18.7. The average molecular weight is 518 g/mol. The SMILES string of the molecule is CCC(=O)Nc1ccc(N2CCN(C(=O)Nc3cccc(C)c3)CC2)c(C(=O)NCc2ccc(F)cc2)c1. The fourth-order valence-electron chi connectivity index (χ4n) is 4.28. The van der Waals surface area contributed by atoms with Crippen LogP contribution in [-0.2, 0) is 11.3 Å². The minimum atomic E-state index is -0.339. The Morgan fingerprint density at radius 3 is 2.26 bits per heavy atom. The van der Waals surface area contributed by atoms with Crippen molar-refractivity contribution in [3.8, 4) is 0 Å². The highest BCUT2D eigenvalue weighted by Crippen LogP contribution is 2.26. The first-order chi connectivity index (χ1) is 18.3. The number of hydrogen-bond donors (Lipinski definition) is 3. The molecule has 9 heteroatoms. The van der Waals surface area contributed by atoms with E-state index in [1.165, 1.54) is 12.1 Å². The predicted molar refractivity (Wildman–Crippen MR) is 147 cm³/mol. The van der Waals surface area contributed by atoms with Gasteiger partial charge in [0.2, 0.25) is 5.91 Å². The lowest BCUT2D eigenvalue weighted by atomic mass is 10.1. The highest BCUT2D eigenvalue weighted by atomic mass is 19.1. The molecule has 0 radical (unpaired) electrons. The summed E-state index contributed by atoms with van der Waals surface area (Å²) in [5.74, 6) is -0.798.